The second-order valence-corrected chi connectivity index (χ2v) is 11.1. The van der Waals surface area contributed by atoms with Crippen LogP contribution in [-0.4, -0.2) is 19.7 Å². The summed E-state index contributed by atoms with van der Waals surface area (Å²) in [6, 6.07) is 22.4. The highest BCUT2D eigenvalue weighted by Crippen LogP contribution is 2.43. The molecule has 2 aliphatic heterocycles. The van der Waals surface area contributed by atoms with E-state index in [1.807, 2.05) is 18.2 Å². The van der Waals surface area contributed by atoms with Crippen molar-refractivity contribution in [3.05, 3.63) is 83.4 Å². The number of fused-ring (bicyclic) bond motifs is 1. The van der Waals surface area contributed by atoms with E-state index in [-0.39, 0.29) is 6.71 Å². The number of aryl methyl sites for hydroxylation is 3. The summed E-state index contributed by atoms with van der Waals surface area (Å²) in [5.41, 5.74) is 10.1. The lowest BCUT2D eigenvalue weighted by atomic mass is 9.34. The van der Waals surface area contributed by atoms with Crippen molar-refractivity contribution >= 4 is 54.7 Å². The summed E-state index contributed by atoms with van der Waals surface area (Å²) in [7, 11) is -3.60. The smallest absolute Gasteiger partial charge is 0.247 e. The first-order valence-electron chi connectivity index (χ1n) is 10.9. The Morgan fingerprint density at radius 3 is 2.06 bits per heavy atom. The fraction of sp³-hybridized carbons (Fsp3) is 0.111. The first-order valence-corrected chi connectivity index (χ1v) is 12.4. The van der Waals surface area contributed by atoms with Crippen molar-refractivity contribution in [2.45, 2.75) is 30.6 Å². The minimum absolute atomic E-state index is 0.0113. The summed E-state index contributed by atoms with van der Waals surface area (Å²) >= 11 is 0. The Morgan fingerprint density at radius 2 is 1.31 bits per heavy atom. The van der Waals surface area contributed by atoms with Crippen molar-refractivity contribution < 1.29 is 8.42 Å². The number of para-hydroxylation sites is 3. The zero-order chi connectivity index (χ0) is 21.9. The third-order valence-electron chi connectivity index (χ3n) is 7.29. The highest BCUT2D eigenvalue weighted by Gasteiger charge is 2.41. The largest absolute Gasteiger partial charge is 0.308 e. The Labute approximate surface area is 187 Å². The zero-order valence-corrected chi connectivity index (χ0v) is 18.9. The standard InChI is InChI=1S/C27H20BNO2S/c1-15-13-16(2)24(17(3)14-15)28-20-9-4-7-18-19-8-5-11-22-26(19)29(25(18)20)27-21(28)10-6-12-23(27)32(22,30)31/h4-14H,1-3H3. The van der Waals surface area contributed by atoms with Crippen LogP contribution in [0.1, 0.15) is 16.7 Å². The molecule has 0 N–H and O–H groups in total. The van der Waals surface area contributed by atoms with Crippen LogP contribution >= 0.6 is 0 Å². The van der Waals surface area contributed by atoms with E-state index in [9.17, 15) is 8.42 Å². The molecule has 0 fully saturated rings. The van der Waals surface area contributed by atoms with Crippen molar-refractivity contribution in [2.75, 3.05) is 0 Å². The Bertz CT molecular complexity index is 1760. The molecule has 0 bridgehead atoms. The van der Waals surface area contributed by atoms with Crippen LogP contribution in [0.3, 0.4) is 0 Å². The van der Waals surface area contributed by atoms with Gasteiger partial charge in [-0.25, -0.2) is 8.42 Å². The molecule has 0 aliphatic carbocycles. The van der Waals surface area contributed by atoms with Gasteiger partial charge in [0.15, 0.2) is 0 Å². The van der Waals surface area contributed by atoms with Crippen LogP contribution in [0, 0.1) is 20.8 Å². The Hall–Kier alpha value is -3.31. The average molecular weight is 433 g/mol. The molecule has 3 heterocycles. The third kappa shape index (κ3) is 1.97. The minimum Gasteiger partial charge on any atom is -0.308 e. The second-order valence-electron chi connectivity index (χ2n) is 9.17. The molecule has 3 nitrogen and oxygen atoms in total. The number of rotatable bonds is 1. The molecule has 0 unspecified atom stereocenters. The van der Waals surface area contributed by atoms with Crippen molar-refractivity contribution in [2.24, 2.45) is 0 Å². The molecule has 1 aromatic heterocycles. The van der Waals surface area contributed by atoms with Crippen LogP contribution < -0.4 is 16.4 Å². The maximum atomic E-state index is 13.7. The van der Waals surface area contributed by atoms with Crippen molar-refractivity contribution in [3.8, 4) is 5.69 Å². The maximum absolute atomic E-state index is 13.7. The molecular formula is C27H20BNO2S. The quantitative estimate of drug-likeness (QED) is 0.371. The topological polar surface area (TPSA) is 39.1 Å². The molecule has 32 heavy (non-hydrogen) atoms. The fourth-order valence-corrected chi connectivity index (χ4v) is 7.93. The van der Waals surface area contributed by atoms with Gasteiger partial charge in [-0.2, -0.15) is 0 Å². The Balaban J connectivity index is 1.78. The second kappa shape index (κ2) is 5.73. The van der Waals surface area contributed by atoms with Crippen LogP contribution in [0.15, 0.2) is 76.5 Å². The molecule has 5 heteroatoms. The highest BCUT2D eigenvalue weighted by atomic mass is 32.2. The number of sulfone groups is 1. The molecule has 0 saturated heterocycles. The molecule has 0 amide bonds. The van der Waals surface area contributed by atoms with Gasteiger partial charge in [0.05, 0.1) is 21.0 Å². The summed E-state index contributed by atoms with van der Waals surface area (Å²) < 4.78 is 29.7. The molecule has 2 aliphatic rings. The van der Waals surface area contributed by atoms with E-state index in [2.05, 4.69) is 61.7 Å². The predicted molar refractivity (Wildman–Crippen MR) is 132 cm³/mol. The molecular weight excluding hydrogens is 413 g/mol. The monoisotopic (exact) mass is 433 g/mol. The van der Waals surface area contributed by atoms with Gasteiger partial charge < -0.3 is 4.57 Å². The lowest BCUT2D eigenvalue weighted by Gasteiger charge is -2.32. The van der Waals surface area contributed by atoms with Crippen LogP contribution in [0.25, 0.3) is 27.5 Å². The summed E-state index contributed by atoms with van der Waals surface area (Å²) in [5.74, 6) is 0. The lowest BCUT2D eigenvalue weighted by Crippen LogP contribution is -2.58. The van der Waals surface area contributed by atoms with Crippen LogP contribution in [-0.2, 0) is 9.84 Å². The average Bonchev–Trinajstić information content (AvgIpc) is 3.10. The van der Waals surface area contributed by atoms with Gasteiger partial charge in [-0.05, 0) is 43.8 Å². The van der Waals surface area contributed by atoms with Gasteiger partial charge in [0.2, 0.25) is 16.6 Å². The lowest BCUT2D eigenvalue weighted by molar-refractivity contribution is 0.595. The molecule has 0 saturated carbocycles. The number of hydrogen-bond donors (Lipinski definition) is 0. The molecule has 0 radical (unpaired) electrons. The first kappa shape index (κ1) is 18.3. The Morgan fingerprint density at radius 1 is 0.719 bits per heavy atom. The molecule has 154 valence electrons. The SMILES string of the molecule is Cc1cc(C)c(B2c3cccc4c3-n3c5c2cccc5c2cccc(c23)S4(=O)=O)c(C)c1. The molecule has 4 aromatic carbocycles. The molecule has 0 spiro atoms. The van der Waals surface area contributed by atoms with Crippen molar-refractivity contribution in [3.63, 3.8) is 0 Å². The predicted octanol–water partition coefficient (Wildman–Crippen LogP) is 3.68. The zero-order valence-electron chi connectivity index (χ0n) is 18.1. The molecule has 0 atom stereocenters. The van der Waals surface area contributed by atoms with Crippen molar-refractivity contribution in [1.29, 1.82) is 0 Å². The minimum atomic E-state index is -3.60. The van der Waals surface area contributed by atoms with Gasteiger partial charge in [-0.3, -0.25) is 0 Å². The number of nitrogens with zero attached hydrogens (tertiary/aromatic N) is 1. The summed E-state index contributed by atoms with van der Waals surface area (Å²) in [6.45, 7) is 6.46. The van der Waals surface area contributed by atoms with Gasteiger partial charge in [-0.15, -0.1) is 0 Å². The van der Waals surface area contributed by atoms with Gasteiger partial charge >= 0.3 is 0 Å². The van der Waals surface area contributed by atoms with E-state index in [0.29, 0.717) is 9.79 Å². The summed E-state index contributed by atoms with van der Waals surface area (Å²) in [6.07, 6.45) is 0. The number of aromatic nitrogens is 1. The third-order valence-corrected chi connectivity index (χ3v) is 9.10. The van der Waals surface area contributed by atoms with Gasteiger partial charge in [0.1, 0.15) is 0 Å². The molecule has 7 rings (SSSR count). The number of benzene rings is 4. The van der Waals surface area contributed by atoms with E-state index >= 15 is 0 Å². The summed E-state index contributed by atoms with van der Waals surface area (Å²) in [5, 5.41) is 2.12. The van der Waals surface area contributed by atoms with Crippen LogP contribution in [0.4, 0.5) is 0 Å². The summed E-state index contributed by atoms with van der Waals surface area (Å²) in [4.78, 5) is 0.817. The van der Waals surface area contributed by atoms with Gasteiger partial charge in [0, 0.05) is 16.3 Å². The van der Waals surface area contributed by atoms with E-state index in [0.717, 1.165) is 33.0 Å². The maximum Gasteiger partial charge on any atom is 0.247 e. The van der Waals surface area contributed by atoms with Crippen LogP contribution in [0.5, 0.6) is 0 Å². The highest BCUT2D eigenvalue weighted by molar-refractivity contribution is 7.92. The van der Waals surface area contributed by atoms with E-state index in [1.54, 1.807) is 12.1 Å². The fourth-order valence-electron chi connectivity index (χ4n) is 6.26. The van der Waals surface area contributed by atoms with Gasteiger partial charge in [-0.1, -0.05) is 76.8 Å². The van der Waals surface area contributed by atoms with Crippen molar-refractivity contribution in [1.82, 2.24) is 4.57 Å². The normalized spacial score (nSPS) is 15.2. The van der Waals surface area contributed by atoms with E-state index < -0.39 is 9.84 Å². The number of hydrogen-bond acceptors (Lipinski definition) is 2. The Kier molecular flexibility index (Phi) is 3.27. The van der Waals surface area contributed by atoms with Crippen LogP contribution in [0.2, 0.25) is 0 Å². The van der Waals surface area contributed by atoms with E-state index in [1.165, 1.54) is 27.6 Å². The van der Waals surface area contributed by atoms with E-state index in [4.69, 9.17) is 0 Å². The first-order chi connectivity index (χ1) is 15.4. The molecule has 5 aromatic rings. The van der Waals surface area contributed by atoms with Gasteiger partial charge in [0.25, 0.3) is 0 Å².